The molecule has 0 atom stereocenters. The third kappa shape index (κ3) is 1.84. The molecule has 0 unspecified atom stereocenters. The molecule has 6 heteroatoms. The van der Waals surface area contributed by atoms with Crippen LogP contribution in [0.5, 0.6) is 5.88 Å². The molecule has 1 fully saturated rings. The van der Waals surface area contributed by atoms with E-state index in [1.54, 1.807) is 6.92 Å². The second kappa shape index (κ2) is 4.29. The minimum absolute atomic E-state index is 0.0118. The largest absolute Gasteiger partial charge is 0.494 e. The number of aromatic hydroxyl groups is 1. The van der Waals surface area contributed by atoms with Crippen molar-refractivity contribution in [2.24, 2.45) is 5.92 Å². The number of hydrogen-bond donors (Lipinski definition) is 1. The van der Waals surface area contributed by atoms with E-state index in [2.05, 4.69) is 0 Å². The first-order chi connectivity index (χ1) is 7.63. The van der Waals surface area contributed by atoms with Crippen LogP contribution in [-0.2, 0) is 9.53 Å². The molecule has 16 heavy (non-hydrogen) atoms. The molecule has 88 valence electrons. The van der Waals surface area contributed by atoms with E-state index in [0.29, 0.717) is 19.4 Å². The number of hydrogen-bond acceptors (Lipinski definition) is 5. The van der Waals surface area contributed by atoms with E-state index in [9.17, 15) is 14.7 Å². The Morgan fingerprint density at radius 1 is 1.69 bits per heavy atom. The molecular weight excluding hydrogens is 230 g/mol. The van der Waals surface area contributed by atoms with Crippen molar-refractivity contribution in [2.45, 2.75) is 25.8 Å². The zero-order chi connectivity index (χ0) is 11.7. The van der Waals surface area contributed by atoms with Crippen molar-refractivity contribution >= 4 is 17.3 Å². The van der Waals surface area contributed by atoms with Gasteiger partial charge in [0, 0.05) is 6.04 Å². The lowest BCUT2D eigenvalue weighted by molar-refractivity contribution is -0.152. The average Bonchev–Trinajstić information content (AvgIpc) is 2.47. The lowest BCUT2D eigenvalue weighted by atomic mass is 9.80. The topological polar surface area (TPSA) is 68.5 Å². The monoisotopic (exact) mass is 243 g/mol. The number of aromatic nitrogens is 1. The van der Waals surface area contributed by atoms with Gasteiger partial charge >= 0.3 is 10.8 Å². The standard InChI is InChI=1S/C10H13NO4S/c1-2-15-9(13)6-3-7(4-6)11-8(12)5-16-10(11)14/h5-7,12H,2-4H2,1H3. The summed E-state index contributed by atoms with van der Waals surface area (Å²) in [6.45, 7) is 2.15. The van der Waals surface area contributed by atoms with E-state index in [0.717, 1.165) is 11.3 Å². The van der Waals surface area contributed by atoms with Crippen LogP contribution in [0.3, 0.4) is 0 Å². The summed E-state index contributed by atoms with van der Waals surface area (Å²) >= 11 is 0.970. The van der Waals surface area contributed by atoms with Gasteiger partial charge < -0.3 is 9.84 Å². The van der Waals surface area contributed by atoms with Crippen LogP contribution in [0.2, 0.25) is 0 Å². The van der Waals surface area contributed by atoms with Gasteiger partial charge in [0.15, 0.2) is 0 Å². The first-order valence-electron chi connectivity index (χ1n) is 5.19. The molecule has 0 amide bonds. The number of rotatable bonds is 3. The number of nitrogens with zero attached hydrogens (tertiary/aromatic N) is 1. The highest BCUT2D eigenvalue weighted by atomic mass is 32.1. The van der Waals surface area contributed by atoms with Crippen molar-refractivity contribution in [1.29, 1.82) is 0 Å². The van der Waals surface area contributed by atoms with Gasteiger partial charge in [-0.15, -0.1) is 0 Å². The molecule has 0 saturated heterocycles. The van der Waals surface area contributed by atoms with Gasteiger partial charge in [0.25, 0.3) is 0 Å². The summed E-state index contributed by atoms with van der Waals surface area (Å²) in [7, 11) is 0. The molecule has 1 saturated carbocycles. The van der Waals surface area contributed by atoms with Crippen LogP contribution < -0.4 is 4.87 Å². The second-order valence-electron chi connectivity index (χ2n) is 3.80. The maximum atomic E-state index is 11.4. The summed E-state index contributed by atoms with van der Waals surface area (Å²) in [6.07, 6.45) is 1.14. The van der Waals surface area contributed by atoms with Crippen LogP contribution in [0.15, 0.2) is 10.2 Å². The van der Waals surface area contributed by atoms with Gasteiger partial charge in [0.2, 0.25) is 5.88 Å². The van der Waals surface area contributed by atoms with Crippen molar-refractivity contribution in [3.05, 3.63) is 15.0 Å². The van der Waals surface area contributed by atoms with E-state index in [-0.39, 0.29) is 28.7 Å². The van der Waals surface area contributed by atoms with E-state index in [1.165, 1.54) is 9.95 Å². The number of carbonyl (C=O) groups excluding carboxylic acids is 1. The Morgan fingerprint density at radius 2 is 2.38 bits per heavy atom. The molecule has 1 aliphatic rings. The van der Waals surface area contributed by atoms with Gasteiger partial charge in [0.1, 0.15) is 0 Å². The number of ether oxygens (including phenoxy) is 1. The van der Waals surface area contributed by atoms with Crippen molar-refractivity contribution in [3.63, 3.8) is 0 Å². The second-order valence-corrected chi connectivity index (χ2v) is 4.62. The van der Waals surface area contributed by atoms with E-state index in [1.807, 2.05) is 0 Å². The number of thiazole rings is 1. The Labute approximate surface area is 96.3 Å². The third-order valence-electron chi connectivity index (χ3n) is 2.81. The summed E-state index contributed by atoms with van der Waals surface area (Å²) in [5.41, 5.74) is 0. The van der Waals surface area contributed by atoms with Crippen LogP contribution >= 0.6 is 11.3 Å². The molecule has 5 nitrogen and oxygen atoms in total. The molecule has 0 bridgehead atoms. The van der Waals surface area contributed by atoms with Gasteiger partial charge in [-0.2, -0.15) is 0 Å². The smallest absolute Gasteiger partial charge is 0.310 e. The van der Waals surface area contributed by atoms with Crippen molar-refractivity contribution in [1.82, 2.24) is 4.57 Å². The summed E-state index contributed by atoms with van der Waals surface area (Å²) in [5.74, 6) is -0.347. The Hall–Kier alpha value is -1.30. The van der Waals surface area contributed by atoms with Gasteiger partial charge in [-0.3, -0.25) is 14.2 Å². The molecule has 1 N–H and O–H groups in total. The van der Waals surface area contributed by atoms with Crippen LogP contribution in [0.4, 0.5) is 0 Å². The van der Waals surface area contributed by atoms with Gasteiger partial charge in [-0.05, 0) is 19.8 Å². The quantitative estimate of drug-likeness (QED) is 0.808. The Bertz CT molecular complexity index is 444. The van der Waals surface area contributed by atoms with E-state index < -0.39 is 0 Å². The van der Waals surface area contributed by atoms with Crippen LogP contribution in [0, 0.1) is 5.92 Å². The summed E-state index contributed by atoms with van der Waals surface area (Å²) < 4.78 is 6.23. The lowest BCUT2D eigenvalue weighted by Gasteiger charge is -2.33. The molecule has 0 spiro atoms. The highest BCUT2D eigenvalue weighted by Crippen LogP contribution is 2.39. The molecule has 1 aromatic heterocycles. The van der Waals surface area contributed by atoms with Crippen LogP contribution in [0.25, 0.3) is 0 Å². The Morgan fingerprint density at radius 3 is 2.88 bits per heavy atom. The Balaban J connectivity index is 1.99. The van der Waals surface area contributed by atoms with Gasteiger partial charge in [-0.25, -0.2) is 0 Å². The van der Waals surface area contributed by atoms with Crippen LogP contribution in [0.1, 0.15) is 25.8 Å². The van der Waals surface area contributed by atoms with Crippen molar-refractivity contribution in [3.8, 4) is 5.88 Å². The zero-order valence-corrected chi connectivity index (χ0v) is 9.70. The van der Waals surface area contributed by atoms with Crippen LogP contribution in [-0.4, -0.2) is 22.2 Å². The number of carbonyl (C=O) groups is 1. The number of esters is 1. The first kappa shape index (κ1) is 11.2. The maximum Gasteiger partial charge on any atom is 0.310 e. The van der Waals surface area contributed by atoms with Gasteiger partial charge in [0.05, 0.1) is 17.9 Å². The minimum Gasteiger partial charge on any atom is -0.494 e. The highest BCUT2D eigenvalue weighted by molar-refractivity contribution is 7.07. The molecule has 0 radical (unpaired) electrons. The fraction of sp³-hybridized carbons (Fsp3) is 0.600. The SMILES string of the molecule is CCOC(=O)C1CC(n2c(O)csc2=O)C1. The summed E-state index contributed by atoms with van der Waals surface area (Å²) in [5, 5.41) is 10.9. The fourth-order valence-corrected chi connectivity index (χ4v) is 2.57. The molecule has 2 rings (SSSR count). The minimum atomic E-state index is -0.207. The third-order valence-corrected chi connectivity index (χ3v) is 3.53. The predicted octanol–water partition coefficient (Wildman–Crippen LogP) is 1.13. The zero-order valence-electron chi connectivity index (χ0n) is 8.88. The predicted molar refractivity (Wildman–Crippen MR) is 58.6 cm³/mol. The average molecular weight is 243 g/mol. The fourth-order valence-electron chi connectivity index (χ4n) is 1.90. The van der Waals surface area contributed by atoms with Crippen molar-refractivity contribution < 1.29 is 14.6 Å². The Kier molecular flexibility index (Phi) is 3.00. The summed E-state index contributed by atoms with van der Waals surface area (Å²) in [4.78, 5) is 22.5. The van der Waals surface area contributed by atoms with E-state index in [4.69, 9.17) is 4.74 Å². The first-order valence-corrected chi connectivity index (χ1v) is 6.07. The maximum absolute atomic E-state index is 11.4. The van der Waals surface area contributed by atoms with E-state index >= 15 is 0 Å². The lowest BCUT2D eigenvalue weighted by Crippen LogP contribution is -2.36. The normalized spacial score (nSPS) is 23.8. The molecular formula is C10H13NO4S. The molecule has 0 aliphatic heterocycles. The molecule has 1 aromatic rings. The molecule has 0 aromatic carbocycles. The molecule has 1 aliphatic carbocycles. The van der Waals surface area contributed by atoms with Gasteiger partial charge in [-0.1, -0.05) is 11.3 Å². The van der Waals surface area contributed by atoms with Crippen molar-refractivity contribution in [2.75, 3.05) is 6.61 Å². The molecule has 1 heterocycles. The highest BCUT2D eigenvalue weighted by Gasteiger charge is 2.38. The summed E-state index contributed by atoms with van der Waals surface area (Å²) in [6, 6.07) is -0.0619.